The molecule has 1 aromatic heterocycles. The third kappa shape index (κ3) is 6.18. The number of aliphatic hydroxyl groups is 1. The molecule has 4 atom stereocenters. The fraction of sp³-hybridized carbons (Fsp3) is 0.529. The summed E-state index contributed by atoms with van der Waals surface area (Å²) < 4.78 is 11.8. The Balaban J connectivity index is 1.14. The molecule has 4 aliphatic rings. The van der Waals surface area contributed by atoms with E-state index in [9.17, 15) is 19.7 Å². The van der Waals surface area contributed by atoms with Gasteiger partial charge in [0.15, 0.2) is 0 Å². The van der Waals surface area contributed by atoms with Crippen molar-refractivity contribution in [2.24, 2.45) is 17.8 Å². The SMILES string of the molecule is CC/C(=C\c1ccc(CO)o1)CC[C@H]1OB(O)C[C@H]2C1=C(C)C[C@H]1C(=O)N(C3CCN(Cc4ccccc4)CC3)C(=O)[C@H]12. The number of furan rings is 1. The van der Waals surface area contributed by atoms with E-state index in [0.29, 0.717) is 30.7 Å². The van der Waals surface area contributed by atoms with Crippen LogP contribution in [-0.4, -0.2) is 64.1 Å². The maximum Gasteiger partial charge on any atom is 0.455 e. The minimum absolute atomic E-state index is 0.0238. The number of likely N-dealkylation sites (tertiary alicyclic amines) is 2. The summed E-state index contributed by atoms with van der Waals surface area (Å²) in [5, 5.41) is 20.1. The van der Waals surface area contributed by atoms with Gasteiger partial charge in [0.25, 0.3) is 0 Å². The average Bonchev–Trinajstić information content (AvgIpc) is 3.57. The lowest BCUT2D eigenvalue weighted by Crippen LogP contribution is -2.48. The minimum Gasteiger partial charge on any atom is -0.459 e. The van der Waals surface area contributed by atoms with Crippen molar-refractivity contribution < 1.29 is 28.8 Å². The third-order valence-corrected chi connectivity index (χ3v) is 10.0. The average molecular weight is 587 g/mol. The fourth-order valence-electron chi connectivity index (χ4n) is 7.91. The molecule has 1 aliphatic carbocycles. The summed E-state index contributed by atoms with van der Waals surface area (Å²) >= 11 is 0. The van der Waals surface area contributed by atoms with Crippen LogP contribution in [0.25, 0.3) is 6.08 Å². The number of allylic oxidation sites excluding steroid dienone is 2. The van der Waals surface area contributed by atoms with Gasteiger partial charge in [0.2, 0.25) is 11.8 Å². The molecule has 1 aromatic carbocycles. The molecule has 3 saturated heterocycles. The molecule has 0 bridgehead atoms. The number of carbonyl (C=O) groups is 2. The Morgan fingerprint density at radius 2 is 1.84 bits per heavy atom. The van der Waals surface area contributed by atoms with E-state index in [1.54, 1.807) is 11.0 Å². The van der Waals surface area contributed by atoms with Crippen LogP contribution in [-0.2, 0) is 27.4 Å². The Kier molecular flexibility index (Phi) is 9.05. The van der Waals surface area contributed by atoms with Gasteiger partial charge >= 0.3 is 7.12 Å². The zero-order valence-electron chi connectivity index (χ0n) is 25.3. The van der Waals surface area contributed by atoms with Crippen molar-refractivity contribution in [1.82, 2.24) is 9.80 Å². The maximum atomic E-state index is 14.0. The van der Waals surface area contributed by atoms with Crippen molar-refractivity contribution in [1.29, 1.82) is 0 Å². The summed E-state index contributed by atoms with van der Waals surface area (Å²) in [5.74, 6) is 0.216. The van der Waals surface area contributed by atoms with Crippen molar-refractivity contribution >= 4 is 25.0 Å². The van der Waals surface area contributed by atoms with Gasteiger partial charge in [0.1, 0.15) is 18.1 Å². The van der Waals surface area contributed by atoms with E-state index < -0.39 is 13.0 Å². The number of fused-ring (bicyclic) bond motifs is 3. The molecule has 2 aromatic rings. The van der Waals surface area contributed by atoms with Crippen LogP contribution in [0.4, 0.5) is 0 Å². The minimum atomic E-state index is -0.963. The molecule has 0 radical (unpaired) electrons. The molecule has 0 spiro atoms. The van der Waals surface area contributed by atoms with E-state index >= 15 is 0 Å². The number of carbonyl (C=O) groups excluding carboxylic acids is 2. The van der Waals surface area contributed by atoms with Gasteiger partial charge < -0.3 is 19.2 Å². The highest BCUT2D eigenvalue weighted by Gasteiger charge is 2.58. The van der Waals surface area contributed by atoms with Gasteiger partial charge in [-0.3, -0.25) is 19.4 Å². The molecule has 228 valence electrons. The molecule has 43 heavy (non-hydrogen) atoms. The van der Waals surface area contributed by atoms with Crippen LogP contribution in [0.2, 0.25) is 6.32 Å². The number of aliphatic hydroxyl groups excluding tert-OH is 1. The van der Waals surface area contributed by atoms with Crippen molar-refractivity contribution in [3.05, 3.63) is 76.3 Å². The molecular weight excluding hydrogens is 543 g/mol. The molecule has 3 aliphatic heterocycles. The highest BCUT2D eigenvalue weighted by molar-refractivity contribution is 6.43. The Hall–Kier alpha value is -2.98. The lowest BCUT2D eigenvalue weighted by atomic mass is 9.59. The number of imide groups is 1. The lowest BCUT2D eigenvalue weighted by Gasteiger charge is -2.42. The quantitative estimate of drug-likeness (QED) is 0.247. The molecule has 2 amide bonds. The summed E-state index contributed by atoms with van der Waals surface area (Å²) in [6, 6.07) is 14.0. The molecule has 4 heterocycles. The summed E-state index contributed by atoms with van der Waals surface area (Å²) in [7, 11) is -0.963. The van der Waals surface area contributed by atoms with Crippen molar-refractivity contribution in [3.63, 3.8) is 0 Å². The molecule has 9 heteroatoms. The number of piperidine rings is 1. The Morgan fingerprint density at radius 3 is 2.53 bits per heavy atom. The summed E-state index contributed by atoms with van der Waals surface area (Å²) in [6.45, 7) is 6.64. The van der Waals surface area contributed by atoms with Gasteiger partial charge in [0.05, 0.1) is 17.9 Å². The van der Waals surface area contributed by atoms with Crippen LogP contribution in [0, 0.1) is 17.8 Å². The molecule has 2 N–H and O–H groups in total. The summed E-state index contributed by atoms with van der Waals surface area (Å²) in [5.41, 5.74) is 4.70. The predicted molar refractivity (Wildman–Crippen MR) is 164 cm³/mol. The molecule has 0 saturated carbocycles. The zero-order chi connectivity index (χ0) is 30.1. The smallest absolute Gasteiger partial charge is 0.455 e. The van der Waals surface area contributed by atoms with Gasteiger partial charge in [-0.15, -0.1) is 0 Å². The van der Waals surface area contributed by atoms with Crippen LogP contribution in [0.1, 0.15) is 69.5 Å². The van der Waals surface area contributed by atoms with E-state index in [1.165, 1.54) is 11.1 Å². The first kappa shape index (κ1) is 30.1. The molecule has 6 rings (SSSR count). The van der Waals surface area contributed by atoms with Crippen LogP contribution in [0.5, 0.6) is 0 Å². The number of rotatable bonds is 9. The van der Waals surface area contributed by atoms with Crippen LogP contribution >= 0.6 is 0 Å². The molecule has 0 unspecified atom stereocenters. The van der Waals surface area contributed by atoms with Crippen molar-refractivity contribution in [2.75, 3.05) is 13.1 Å². The topological polar surface area (TPSA) is 103 Å². The number of benzene rings is 1. The van der Waals surface area contributed by atoms with Crippen molar-refractivity contribution in [2.45, 2.75) is 84.0 Å². The number of hydrogen-bond acceptors (Lipinski definition) is 7. The van der Waals surface area contributed by atoms with E-state index in [1.807, 2.05) is 18.2 Å². The molecule has 8 nitrogen and oxygen atoms in total. The van der Waals surface area contributed by atoms with E-state index in [2.05, 4.69) is 43.0 Å². The largest absolute Gasteiger partial charge is 0.459 e. The first-order valence-corrected chi connectivity index (χ1v) is 15.9. The van der Waals surface area contributed by atoms with Crippen LogP contribution < -0.4 is 0 Å². The van der Waals surface area contributed by atoms with Gasteiger partial charge in [-0.2, -0.15) is 0 Å². The second-order valence-electron chi connectivity index (χ2n) is 12.7. The van der Waals surface area contributed by atoms with Crippen LogP contribution in [0.15, 0.2) is 63.6 Å². The number of nitrogens with zero attached hydrogens (tertiary/aromatic N) is 2. The lowest BCUT2D eigenvalue weighted by molar-refractivity contribution is -0.144. The first-order chi connectivity index (χ1) is 20.9. The van der Waals surface area contributed by atoms with E-state index in [4.69, 9.17) is 9.07 Å². The molecular formula is C34H43BN2O6. The fourth-order valence-corrected chi connectivity index (χ4v) is 7.91. The summed E-state index contributed by atoms with van der Waals surface area (Å²) in [4.78, 5) is 31.9. The maximum absolute atomic E-state index is 14.0. The standard InChI is InChI=1S/C34H43BN2O6/c1-3-23(18-26-10-11-27(21-38)42-26)9-12-30-31-22(2)17-28-32(29(31)19-35(41)43-30)34(40)37(33(28)39)25-13-15-36(16-14-25)20-24-7-5-4-6-8-24/h4-8,10-11,18,25,28-30,32,38,41H,3,9,12-17,19-21H2,1-2H3/b23-18+/t28-,29+,30-,32-/m1/s1. The molecule has 3 fully saturated rings. The van der Waals surface area contributed by atoms with Gasteiger partial charge in [-0.25, -0.2) is 0 Å². The highest BCUT2D eigenvalue weighted by Crippen LogP contribution is 2.51. The Morgan fingerprint density at radius 1 is 1.07 bits per heavy atom. The Bertz CT molecular complexity index is 1380. The van der Waals surface area contributed by atoms with Gasteiger partial charge in [-0.1, -0.05) is 48.4 Å². The van der Waals surface area contributed by atoms with Crippen LogP contribution in [0.3, 0.4) is 0 Å². The van der Waals surface area contributed by atoms with E-state index in [0.717, 1.165) is 56.5 Å². The highest BCUT2D eigenvalue weighted by atomic mass is 16.5. The van der Waals surface area contributed by atoms with Gasteiger partial charge in [0, 0.05) is 25.7 Å². The number of hydrogen-bond donors (Lipinski definition) is 2. The summed E-state index contributed by atoms with van der Waals surface area (Å²) in [6.07, 6.45) is 6.49. The third-order valence-electron chi connectivity index (χ3n) is 10.0. The second kappa shape index (κ2) is 12.9. The zero-order valence-corrected chi connectivity index (χ0v) is 25.3. The second-order valence-corrected chi connectivity index (χ2v) is 12.7. The normalized spacial score (nSPS) is 27.2. The first-order valence-electron chi connectivity index (χ1n) is 15.9. The Labute approximate surface area is 254 Å². The van der Waals surface area contributed by atoms with Crippen molar-refractivity contribution in [3.8, 4) is 0 Å². The number of amides is 2. The monoisotopic (exact) mass is 586 g/mol. The van der Waals surface area contributed by atoms with E-state index in [-0.39, 0.29) is 42.4 Å². The van der Waals surface area contributed by atoms with Gasteiger partial charge in [-0.05, 0) is 87.0 Å². The predicted octanol–water partition coefficient (Wildman–Crippen LogP) is 4.83.